The lowest BCUT2D eigenvalue weighted by Gasteiger charge is -2.32. The van der Waals surface area contributed by atoms with Crippen LogP contribution in [0.3, 0.4) is 0 Å². The van der Waals surface area contributed by atoms with Crippen LogP contribution < -0.4 is 0 Å². The first kappa shape index (κ1) is 7.60. The van der Waals surface area contributed by atoms with Crippen LogP contribution in [0, 0.1) is 11.8 Å². The summed E-state index contributed by atoms with van der Waals surface area (Å²) >= 11 is 0. The first-order valence-electron chi connectivity index (χ1n) is 4.97. The molecule has 2 fully saturated rings. The molecule has 0 bridgehead atoms. The van der Waals surface area contributed by atoms with Gasteiger partial charge in [0.05, 0.1) is 0 Å². The topological polar surface area (TPSA) is 3.24 Å². The van der Waals surface area contributed by atoms with Crippen molar-refractivity contribution >= 4 is 0 Å². The third kappa shape index (κ3) is 1.31. The van der Waals surface area contributed by atoms with Crippen molar-refractivity contribution in [3.05, 3.63) is 0 Å². The van der Waals surface area contributed by atoms with E-state index in [4.69, 9.17) is 0 Å². The van der Waals surface area contributed by atoms with Crippen molar-refractivity contribution in [2.24, 2.45) is 11.8 Å². The molecule has 0 N–H and O–H groups in total. The molecule has 11 heavy (non-hydrogen) atoms. The van der Waals surface area contributed by atoms with E-state index in [0.29, 0.717) is 0 Å². The summed E-state index contributed by atoms with van der Waals surface area (Å²) in [6.07, 6.45) is 5.88. The molecule has 3 unspecified atom stereocenters. The molecule has 1 aliphatic carbocycles. The molecule has 1 saturated carbocycles. The highest BCUT2D eigenvalue weighted by Gasteiger charge is 2.35. The van der Waals surface area contributed by atoms with Crippen molar-refractivity contribution in [1.82, 2.24) is 4.90 Å². The van der Waals surface area contributed by atoms with Gasteiger partial charge in [0.2, 0.25) is 0 Å². The molecule has 1 saturated heterocycles. The highest BCUT2D eigenvalue weighted by molar-refractivity contribution is 4.89. The van der Waals surface area contributed by atoms with E-state index in [1.54, 1.807) is 0 Å². The second-order valence-corrected chi connectivity index (χ2v) is 4.51. The maximum absolute atomic E-state index is 2.57. The van der Waals surface area contributed by atoms with Crippen LogP contribution in [-0.2, 0) is 0 Å². The van der Waals surface area contributed by atoms with E-state index in [0.717, 1.165) is 17.9 Å². The van der Waals surface area contributed by atoms with Crippen molar-refractivity contribution in [3.63, 3.8) is 0 Å². The van der Waals surface area contributed by atoms with Crippen LogP contribution in [0.1, 0.15) is 32.6 Å². The fraction of sp³-hybridized carbons (Fsp3) is 1.00. The van der Waals surface area contributed by atoms with E-state index in [1.807, 2.05) is 0 Å². The van der Waals surface area contributed by atoms with Crippen LogP contribution in [0.25, 0.3) is 0 Å². The van der Waals surface area contributed by atoms with Gasteiger partial charge in [-0.1, -0.05) is 6.92 Å². The van der Waals surface area contributed by atoms with Gasteiger partial charge in [-0.05, 0) is 51.1 Å². The molecule has 64 valence electrons. The molecule has 1 heterocycles. The summed E-state index contributed by atoms with van der Waals surface area (Å²) in [5.74, 6) is 2.05. The van der Waals surface area contributed by atoms with Gasteiger partial charge in [0.25, 0.3) is 0 Å². The summed E-state index contributed by atoms with van der Waals surface area (Å²) < 4.78 is 0. The van der Waals surface area contributed by atoms with E-state index < -0.39 is 0 Å². The van der Waals surface area contributed by atoms with Gasteiger partial charge >= 0.3 is 0 Å². The lowest BCUT2D eigenvalue weighted by molar-refractivity contribution is 0.182. The van der Waals surface area contributed by atoms with Crippen LogP contribution in [0.5, 0.6) is 0 Å². The van der Waals surface area contributed by atoms with Gasteiger partial charge in [0.1, 0.15) is 0 Å². The smallest absolute Gasteiger partial charge is 0.0121 e. The molecule has 0 radical (unpaired) electrons. The van der Waals surface area contributed by atoms with Crippen molar-refractivity contribution in [2.75, 3.05) is 13.6 Å². The van der Waals surface area contributed by atoms with E-state index in [2.05, 4.69) is 18.9 Å². The van der Waals surface area contributed by atoms with E-state index in [-0.39, 0.29) is 0 Å². The van der Waals surface area contributed by atoms with Gasteiger partial charge in [-0.15, -0.1) is 0 Å². The fourth-order valence-electron chi connectivity index (χ4n) is 2.91. The van der Waals surface area contributed by atoms with E-state index in [1.165, 1.54) is 32.2 Å². The lowest BCUT2D eigenvalue weighted by Crippen LogP contribution is -2.33. The summed E-state index contributed by atoms with van der Waals surface area (Å²) in [4.78, 5) is 2.57. The van der Waals surface area contributed by atoms with Gasteiger partial charge in [0, 0.05) is 6.04 Å². The lowest BCUT2D eigenvalue weighted by atomic mass is 9.79. The monoisotopic (exact) mass is 153 g/mol. The summed E-state index contributed by atoms with van der Waals surface area (Å²) in [5, 5.41) is 0. The van der Waals surface area contributed by atoms with Crippen LogP contribution in [0.15, 0.2) is 0 Å². The molecule has 0 aromatic rings. The molecule has 1 heteroatoms. The Labute approximate surface area is 69.8 Å². The van der Waals surface area contributed by atoms with Gasteiger partial charge < -0.3 is 4.90 Å². The number of hydrogen-bond donors (Lipinski definition) is 0. The minimum absolute atomic E-state index is 0.950. The van der Waals surface area contributed by atoms with Gasteiger partial charge in [-0.3, -0.25) is 0 Å². The van der Waals surface area contributed by atoms with E-state index >= 15 is 0 Å². The Balaban J connectivity index is 2.00. The zero-order chi connectivity index (χ0) is 7.84. The zero-order valence-electron chi connectivity index (χ0n) is 7.71. The SMILES string of the molecule is CC1CCC2C(CCN2C)C1. The number of fused-ring (bicyclic) bond motifs is 1. The molecule has 1 aliphatic heterocycles. The van der Waals surface area contributed by atoms with Crippen molar-refractivity contribution in [2.45, 2.75) is 38.6 Å². The largest absolute Gasteiger partial charge is 0.303 e. The number of nitrogens with zero attached hydrogens (tertiary/aromatic N) is 1. The minimum atomic E-state index is 0.950. The zero-order valence-corrected chi connectivity index (χ0v) is 7.71. The Morgan fingerprint density at radius 2 is 2.00 bits per heavy atom. The van der Waals surface area contributed by atoms with Gasteiger partial charge in [-0.2, -0.15) is 0 Å². The molecule has 0 spiro atoms. The number of hydrogen-bond acceptors (Lipinski definition) is 1. The van der Waals surface area contributed by atoms with E-state index in [9.17, 15) is 0 Å². The Hall–Kier alpha value is -0.0400. The van der Waals surface area contributed by atoms with Crippen LogP contribution in [-0.4, -0.2) is 24.5 Å². The maximum Gasteiger partial charge on any atom is 0.0121 e. The van der Waals surface area contributed by atoms with Crippen LogP contribution in [0.2, 0.25) is 0 Å². The fourth-order valence-corrected chi connectivity index (χ4v) is 2.91. The standard InChI is InChI=1S/C10H19N/c1-8-3-4-10-9(7-8)5-6-11(10)2/h8-10H,3-7H2,1-2H3. The highest BCUT2D eigenvalue weighted by atomic mass is 15.2. The van der Waals surface area contributed by atoms with Crippen molar-refractivity contribution in [3.8, 4) is 0 Å². The first-order valence-corrected chi connectivity index (χ1v) is 4.97. The second-order valence-electron chi connectivity index (χ2n) is 4.51. The first-order chi connectivity index (χ1) is 5.27. The predicted molar refractivity (Wildman–Crippen MR) is 47.5 cm³/mol. The van der Waals surface area contributed by atoms with Gasteiger partial charge in [-0.25, -0.2) is 0 Å². The third-order valence-electron chi connectivity index (χ3n) is 3.62. The average molecular weight is 153 g/mol. The van der Waals surface area contributed by atoms with Gasteiger partial charge in [0.15, 0.2) is 0 Å². The molecule has 2 aliphatic rings. The van der Waals surface area contributed by atoms with Crippen LogP contribution >= 0.6 is 0 Å². The summed E-state index contributed by atoms with van der Waals surface area (Å²) in [6, 6.07) is 0.950. The normalized spacial score (nSPS) is 45.8. The summed E-state index contributed by atoms with van der Waals surface area (Å²) in [6.45, 7) is 3.76. The van der Waals surface area contributed by atoms with Crippen LogP contribution in [0.4, 0.5) is 0 Å². The molecular weight excluding hydrogens is 134 g/mol. The molecule has 2 rings (SSSR count). The Morgan fingerprint density at radius 1 is 1.18 bits per heavy atom. The molecular formula is C10H19N. The predicted octanol–water partition coefficient (Wildman–Crippen LogP) is 2.13. The number of rotatable bonds is 0. The highest BCUT2D eigenvalue weighted by Crippen LogP contribution is 2.37. The van der Waals surface area contributed by atoms with Crippen molar-refractivity contribution < 1.29 is 0 Å². The molecule has 0 aromatic heterocycles. The third-order valence-corrected chi connectivity index (χ3v) is 3.62. The van der Waals surface area contributed by atoms with Crippen molar-refractivity contribution in [1.29, 1.82) is 0 Å². The maximum atomic E-state index is 2.57. The summed E-state index contributed by atoms with van der Waals surface area (Å²) in [7, 11) is 2.29. The molecule has 0 aromatic carbocycles. The second kappa shape index (κ2) is 2.78. The molecule has 0 amide bonds. The number of likely N-dealkylation sites (tertiary alicyclic amines) is 1. The average Bonchev–Trinajstić information content (AvgIpc) is 2.32. The minimum Gasteiger partial charge on any atom is -0.303 e. The Bertz CT molecular complexity index is 144. The Morgan fingerprint density at radius 3 is 2.82 bits per heavy atom. The molecule has 1 nitrogen and oxygen atoms in total. The molecule has 3 atom stereocenters. The Kier molecular flexibility index (Phi) is 1.92. The summed E-state index contributed by atoms with van der Waals surface area (Å²) in [5.41, 5.74) is 0. The quantitative estimate of drug-likeness (QED) is 0.515.